The molecule has 0 bridgehead atoms. The van der Waals surface area contributed by atoms with Crippen LogP contribution < -0.4 is 9.64 Å². The van der Waals surface area contributed by atoms with Crippen LogP contribution in [-0.4, -0.2) is 31.5 Å². The quantitative estimate of drug-likeness (QED) is 0.767. The van der Waals surface area contributed by atoms with Crippen LogP contribution in [0.4, 0.5) is 23.2 Å². The molecule has 0 fully saturated rings. The van der Waals surface area contributed by atoms with Crippen LogP contribution in [0.15, 0.2) is 17.7 Å². The van der Waals surface area contributed by atoms with Crippen molar-refractivity contribution in [3.05, 3.63) is 29.1 Å². The molecule has 0 aromatic heterocycles. The normalized spacial score (nSPS) is 14.5. The number of ether oxygens (including phenoxy) is 1. The third kappa shape index (κ3) is 3.83. The topological polar surface area (TPSA) is 46.6 Å². The van der Waals surface area contributed by atoms with E-state index < -0.39 is 30.1 Å². The van der Waals surface area contributed by atoms with Crippen molar-refractivity contribution < 1.29 is 31.9 Å². The summed E-state index contributed by atoms with van der Waals surface area (Å²) in [4.78, 5) is 24.3. The van der Waals surface area contributed by atoms with Crippen LogP contribution in [0.2, 0.25) is 0 Å². The zero-order valence-corrected chi connectivity index (χ0v) is 13.7. The molecule has 0 saturated heterocycles. The lowest BCUT2D eigenvalue weighted by atomic mass is 10.0. The van der Waals surface area contributed by atoms with Gasteiger partial charge in [-0.05, 0) is 36.6 Å². The highest BCUT2D eigenvalue weighted by molar-refractivity contribution is 6.05. The molecule has 0 atom stereocenters. The van der Waals surface area contributed by atoms with Gasteiger partial charge in [0.15, 0.2) is 5.78 Å². The maximum absolute atomic E-state index is 14.3. The Morgan fingerprint density at radius 1 is 1.28 bits per heavy atom. The third-order valence-corrected chi connectivity index (χ3v) is 3.86. The van der Waals surface area contributed by atoms with Gasteiger partial charge in [0, 0.05) is 18.5 Å². The van der Waals surface area contributed by atoms with E-state index in [9.17, 15) is 27.2 Å². The monoisotopic (exact) mass is 359 g/mol. The highest BCUT2D eigenvalue weighted by Gasteiger charge is 2.45. The number of hydrogen-bond acceptors (Lipinski definition) is 3. The van der Waals surface area contributed by atoms with Gasteiger partial charge in [-0.2, -0.15) is 13.2 Å². The summed E-state index contributed by atoms with van der Waals surface area (Å²) in [5.74, 6) is -3.34. The molecule has 136 valence electrons. The summed E-state index contributed by atoms with van der Waals surface area (Å²) in [5, 5.41) is 0. The molecule has 25 heavy (non-hydrogen) atoms. The number of nitrogens with zero attached hydrogens (tertiary/aromatic N) is 1. The van der Waals surface area contributed by atoms with E-state index in [-0.39, 0.29) is 35.5 Å². The zero-order valence-electron chi connectivity index (χ0n) is 13.7. The van der Waals surface area contributed by atoms with Gasteiger partial charge in [0.25, 0.3) is 0 Å². The van der Waals surface area contributed by atoms with Gasteiger partial charge in [0.05, 0.1) is 12.8 Å². The maximum Gasteiger partial charge on any atom is 0.471 e. The molecular weight excluding hydrogens is 342 g/mol. The van der Waals surface area contributed by atoms with Crippen molar-refractivity contribution in [2.24, 2.45) is 0 Å². The number of hydrogen-bond donors (Lipinski definition) is 0. The summed E-state index contributed by atoms with van der Waals surface area (Å²) >= 11 is 0. The second-order valence-corrected chi connectivity index (χ2v) is 5.56. The molecule has 1 aliphatic heterocycles. The summed E-state index contributed by atoms with van der Waals surface area (Å²) in [5.41, 5.74) is -0.331. The van der Waals surface area contributed by atoms with Gasteiger partial charge < -0.3 is 9.64 Å². The van der Waals surface area contributed by atoms with Crippen LogP contribution in [0.25, 0.3) is 6.08 Å². The molecule has 0 N–H and O–H groups in total. The Morgan fingerprint density at radius 3 is 2.52 bits per heavy atom. The lowest BCUT2D eigenvalue weighted by Gasteiger charge is -2.25. The van der Waals surface area contributed by atoms with E-state index in [1.165, 1.54) is 19.3 Å². The standard InChI is InChI=1S/C17H17F4NO3/c1-3-4-13(23)10-7-8-22(16(24)17(19,20)21)15-11(9-10)14(25-2)6-5-12(15)18/h5-6,9H,3-4,7-8H2,1-2H3. The summed E-state index contributed by atoms with van der Waals surface area (Å²) in [6.45, 7) is 1.35. The van der Waals surface area contributed by atoms with Crippen LogP contribution >= 0.6 is 0 Å². The first-order valence-electron chi connectivity index (χ1n) is 7.69. The van der Waals surface area contributed by atoms with Gasteiger partial charge >= 0.3 is 12.1 Å². The number of carbonyl (C=O) groups excluding carboxylic acids is 2. The molecule has 0 saturated carbocycles. The SMILES string of the molecule is CCCC(=O)C1=Cc2c(OC)ccc(F)c2N(C(=O)C(F)(F)F)CC1. The number of anilines is 1. The van der Waals surface area contributed by atoms with Gasteiger partial charge in [-0.15, -0.1) is 0 Å². The van der Waals surface area contributed by atoms with Gasteiger partial charge in [0.1, 0.15) is 11.6 Å². The first kappa shape index (κ1) is 19.0. The molecule has 0 aliphatic carbocycles. The fourth-order valence-corrected chi connectivity index (χ4v) is 2.71. The number of methoxy groups -OCH3 is 1. The second-order valence-electron chi connectivity index (χ2n) is 5.56. The average molecular weight is 359 g/mol. The van der Waals surface area contributed by atoms with E-state index in [2.05, 4.69) is 0 Å². The number of carbonyl (C=O) groups is 2. The first-order chi connectivity index (χ1) is 11.7. The Hall–Kier alpha value is -2.38. The fraction of sp³-hybridized carbons (Fsp3) is 0.412. The van der Waals surface area contributed by atoms with E-state index in [1.54, 1.807) is 6.92 Å². The van der Waals surface area contributed by atoms with E-state index in [4.69, 9.17) is 4.74 Å². The van der Waals surface area contributed by atoms with Crippen molar-refractivity contribution in [2.75, 3.05) is 18.6 Å². The second kappa shape index (κ2) is 7.25. The van der Waals surface area contributed by atoms with Crippen molar-refractivity contribution in [3.63, 3.8) is 0 Å². The Kier molecular flexibility index (Phi) is 5.49. The Morgan fingerprint density at radius 2 is 1.96 bits per heavy atom. The molecule has 4 nitrogen and oxygen atoms in total. The first-order valence-corrected chi connectivity index (χ1v) is 7.69. The molecule has 1 aromatic carbocycles. The molecule has 1 amide bonds. The van der Waals surface area contributed by atoms with Gasteiger partial charge in [-0.25, -0.2) is 4.39 Å². The van der Waals surface area contributed by atoms with Crippen LogP contribution in [-0.2, 0) is 9.59 Å². The van der Waals surface area contributed by atoms with E-state index >= 15 is 0 Å². The minimum atomic E-state index is -5.16. The van der Waals surface area contributed by atoms with E-state index in [0.717, 1.165) is 6.07 Å². The fourth-order valence-electron chi connectivity index (χ4n) is 2.71. The molecular formula is C17H17F4NO3. The zero-order chi connectivity index (χ0) is 18.8. The average Bonchev–Trinajstić information content (AvgIpc) is 2.74. The van der Waals surface area contributed by atoms with Gasteiger partial charge in [-0.1, -0.05) is 6.92 Å². The van der Waals surface area contributed by atoms with Gasteiger partial charge in [-0.3, -0.25) is 9.59 Å². The summed E-state index contributed by atoms with van der Waals surface area (Å²) in [6, 6.07) is 2.18. The molecule has 1 aliphatic rings. The van der Waals surface area contributed by atoms with E-state index in [0.29, 0.717) is 11.3 Å². The van der Waals surface area contributed by atoms with Crippen molar-refractivity contribution in [2.45, 2.75) is 32.4 Å². The smallest absolute Gasteiger partial charge is 0.471 e. The number of ketones is 1. The Labute approximate surface area is 142 Å². The van der Waals surface area contributed by atoms with Crippen molar-refractivity contribution in [3.8, 4) is 5.75 Å². The number of rotatable bonds is 4. The molecule has 1 aromatic rings. The maximum atomic E-state index is 14.3. The lowest BCUT2D eigenvalue weighted by Crippen LogP contribution is -2.42. The minimum Gasteiger partial charge on any atom is -0.496 e. The largest absolute Gasteiger partial charge is 0.496 e. The predicted molar refractivity (Wildman–Crippen MR) is 83.9 cm³/mol. The molecule has 2 rings (SSSR count). The number of Topliss-reactive ketones (excluding diaryl/α,β-unsaturated/α-hetero) is 1. The number of benzene rings is 1. The molecule has 1 heterocycles. The number of fused-ring (bicyclic) bond motifs is 1. The lowest BCUT2D eigenvalue weighted by molar-refractivity contribution is -0.170. The Bertz CT molecular complexity index is 725. The highest BCUT2D eigenvalue weighted by Crippen LogP contribution is 2.39. The van der Waals surface area contributed by atoms with Crippen molar-refractivity contribution >= 4 is 23.5 Å². The molecule has 0 radical (unpaired) electrons. The molecule has 0 spiro atoms. The predicted octanol–water partition coefficient (Wildman–Crippen LogP) is 3.89. The highest BCUT2D eigenvalue weighted by atomic mass is 19.4. The summed E-state index contributed by atoms with van der Waals surface area (Å²) < 4.78 is 58.2. The number of halogens is 4. The van der Waals surface area contributed by atoms with Crippen molar-refractivity contribution in [1.82, 2.24) is 0 Å². The minimum absolute atomic E-state index is 0.0444. The number of alkyl halides is 3. The molecule has 0 unspecified atom stereocenters. The van der Waals surface area contributed by atoms with Crippen LogP contribution in [0.3, 0.4) is 0 Å². The molecule has 8 heteroatoms. The van der Waals surface area contributed by atoms with Crippen molar-refractivity contribution in [1.29, 1.82) is 0 Å². The summed E-state index contributed by atoms with van der Waals surface area (Å²) in [7, 11) is 1.27. The van der Waals surface area contributed by atoms with Gasteiger partial charge in [0.2, 0.25) is 0 Å². The Balaban J connectivity index is 2.64. The van der Waals surface area contributed by atoms with Crippen LogP contribution in [0.5, 0.6) is 5.75 Å². The van der Waals surface area contributed by atoms with Crippen LogP contribution in [0.1, 0.15) is 31.7 Å². The summed E-state index contributed by atoms with van der Waals surface area (Å²) in [6.07, 6.45) is -3.16. The van der Waals surface area contributed by atoms with Crippen LogP contribution in [0, 0.1) is 5.82 Å². The van der Waals surface area contributed by atoms with E-state index in [1.807, 2.05) is 0 Å². The third-order valence-electron chi connectivity index (χ3n) is 3.86. The number of amides is 1.